The van der Waals surface area contributed by atoms with Gasteiger partial charge in [-0.3, -0.25) is 4.79 Å². The Morgan fingerprint density at radius 3 is 2.67 bits per heavy atom. The summed E-state index contributed by atoms with van der Waals surface area (Å²) < 4.78 is 46.4. The number of rotatable bonds is 5. The van der Waals surface area contributed by atoms with Crippen LogP contribution in [0, 0.1) is 28.6 Å². The van der Waals surface area contributed by atoms with Gasteiger partial charge in [0.05, 0.1) is 23.8 Å². The molecule has 8 heteroatoms. The number of piperidine rings is 1. The zero-order valence-corrected chi connectivity index (χ0v) is 19.2. The molecule has 2 heterocycles. The number of carbonyl (C=O) groups excluding carboxylic acids is 1. The van der Waals surface area contributed by atoms with E-state index in [2.05, 4.69) is 0 Å². The van der Waals surface area contributed by atoms with Gasteiger partial charge in [0, 0.05) is 55.7 Å². The van der Waals surface area contributed by atoms with Crippen molar-refractivity contribution >= 4 is 11.6 Å². The van der Waals surface area contributed by atoms with Crippen molar-refractivity contribution in [1.29, 1.82) is 5.26 Å². The molecule has 0 bridgehead atoms. The molecule has 0 N–H and O–H groups in total. The first-order valence-corrected chi connectivity index (χ1v) is 12.0. The van der Waals surface area contributed by atoms with Gasteiger partial charge in [-0.1, -0.05) is 19.3 Å². The lowest BCUT2D eigenvalue weighted by Gasteiger charge is -2.44. The van der Waals surface area contributed by atoms with Gasteiger partial charge in [0.15, 0.2) is 0 Å². The van der Waals surface area contributed by atoms with Crippen molar-refractivity contribution < 1.29 is 22.7 Å². The number of fused-ring (bicyclic) bond motifs is 1. The minimum absolute atomic E-state index is 0.114. The Bertz CT molecular complexity index is 907. The van der Waals surface area contributed by atoms with Crippen LogP contribution in [0.4, 0.5) is 18.9 Å². The van der Waals surface area contributed by atoms with E-state index in [-0.39, 0.29) is 28.7 Å². The molecule has 33 heavy (non-hydrogen) atoms. The number of ether oxygens (including phenoxy) is 1. The third-order valence-electron chi connectivity index (χ3n) is 7.79. The third-order valence-corrected chi connectivity index (χ3v) is 7.79. The van der Waals surface area contributed by atoms with E-state index in [1.54, 1.807) is 12.1 Å². The Hall–Kier alpha value is -2.27. The molecule has 1 saturated carbocycles. The first kappa shape index (κ1) is 23.9. The van der Waals surface area contributed by atoms with Crippen molar-refractivity contribution in [3.05, 3.63) is 29.3 Å². The van der Waals surface area contributed by atoms with Gasteiger partial charge in [0.25, 0.3) is 0 Å². The molecule has 1 aromatic rings. The van der Waals surface area contributed by atoms with Gasteiger partial charge in [-0.15, -0.1) is 0 Å². The molecule has 180 valence electrons. The maximum atomic E-state index is 13.5. The van der Waals surface area contributed by atoms with Crippen molar-refractivity contribution in [2.75, 3.05) is 44.3 Å². The van der Waals surface area contributed by atoms with E-state index >= 15 is 0 Å². The van der Waals surface area contributed by atoms with E-state index in [9.17, 15) is 18.0 Å². The van der Waals surface area contributed by atoms with E-state index in [1.165, 1.54) is 12.5 Å². The number of carbonyl (C=O) groups is 1. The number of hydrogen-bond donors (Lipinski definition) is 0. The highest BCUT2D eigenvalue weighted by molar-refractivity contribution is 5.79. The minimum Gasteiger partial charge on any atom is -0.381 e. The molecule has 0 radical (unpaired) electrons. The topological polar surface area (TPSA) is 56.6 Å². The predicted molar refractivity (Wildman–Crippen MR) is 119 cm³/mol. The van der Waals surface area contributed by atoms with Gasteiger partial charge >= 0.3 is 6.18 Å². The predicted octanol–water partition coefficient (Wildman–Crippen LogP) is 4.85. The van der Waals surface area contributed by atoms with Crippen LogP contribution in [0.5, 0.6) is 0 Å². The SMILES string of the molecule is CCOCC12CCN(C(=O)C3CCCCC3)CC1CN(c1ccc(C#N)c(C(F)(F)F)c1)C2. The van der Waals surface area contributed by atoms with Gasteiger partial charge in [0.2, 0.25) is 5.91 Å². The van der Waals surface area contributed by atoms with E-state index in [0.717, 1.165) is 38.2 Å². The van der Waals surface area contributed by atoms with E-state index < -0.39 is 11.7 Å². The number of benzene rings is 1. The highest BCUT2D eigenvalue weighted by Crippen LogP contribution is 2.46. The van der Waals surface area contributed by atoms with E-state index in [1.807, 2.05) is 16.7 Å². The summed E-state index contributed by atoms with van der Waals surface area (Å²) in [5.74, 6) is 0.495. The lowest BCUT2D eigenvalue weighted by atomic mass is 9.72. The van der Waals surface area contributed by atoms with E-state index in [4.69, 9.17) is 10.00 Å². The summed E-state index contributed by atoms with van der Waals surface area (Å²) in [5, 5.41) is 9.12. The fraction of sp³-hybridized carbons (Fsp3) is 0.680. The maximum absolute atomic E-state index is 13.5. The second kappa shape index (κ2) is 9.54. The molecular formula is C25H32F3N3O2. The lowest BCUT2D eigenvalue weighted by Crippen LogP contribution is -2.52. The average molecular weight is 464 g/mol. The number of hydrogen-bond acceptors (Lipinski definition) is 4. The highest BCUT2D eigenvalue weighted by Gasteiger charge is 2.51. The van der Waals surface area contributed by atoms with Crippen LogP contribution in [0.15, 0.2) is 18.2 Å². The second-order valence-electron chi connectivity index (χ2n) is 9.79. The lowest BCUT2D eigenvalue weighted by molar-refractivity contribution is -0.141. The quantitative estimate of drug-likeness (QED) is 0.627. The Balaban J connectivity index is 1.56. The summed E-state index contributed by atoms with van der Waals surface area (Å²) in [7, 11) is 0. The number of nitrogens with zero attached hydrogens (tertiary/aromatic N) is 3. The zero-order chi connectivity index (χ0) is 23.6. The van der Waals surface area contributed by atoms with Crippen molar-refractivity contribution in [3.8, 4) is 6.07 Å². The Morgan fingerprint density at radius 1 is 1.24 bits per heavy atom. The molecule has 2 atom stereocenters. The molecule has 1 aromatic carbocycles. The molecular weight excluding hydrogens is 431 g/mol. The normalized spacial score (nSPS) is 26.2. The maximum Gasteiger partial charge on any atom is 0.417 e. The molecule has 4 rings (SSSR count). The number of likely N-dealkylation sites (tertiary alicyclic amines) is 1. The molecule has 0 aromatic heterocycles. The summed E-state index contributed by atoms with van der Waals surface area (Å²) in [6.07, 6.45) is 1.54. The van der Waals surface area contributed by atoms with Crippen LogP contribution >= 0.6 is 0 Å². The van der Waals surface area contributed by atoms with Crippen LogP contribution < -0.4 is 4.90 Å². The molecule has 5 nitrogen and oxygen atoms in total. The molecule has 2 aliphatic heterocycles. The fourth-order valence-corrected chi connectivity index (χ4v) is 5.89. The summed E-state index contributed by atoms with van der Waals surface area (Å²) >= 11 is 0. The van der Waals surface area contributed by atoms with Crippen molar-refractivity contribution in [2.24, 2.45) is 17.3 Å². The van der Waals surface area contributed by atoms with Crippen LogP contribution in [-0.4, -0.2) is 50.2 Å². The summed E-state index contributed by atoms with van der Waals surface area (Å²) in [4.78, 5) is 17.1. The third kappa shape index (κ3) is 4.84. The summed E-state index contributed by atoms with van der Waals surface area (Å²) in [6.45, 7) is 5.52. The zero-order valence-electron chi connectivity index (χ0n) is 19.2. The van der Waals surface area contributed by atoms with Crippen molar-refractivity contribution in [3.63, 3.8) is 0 Å². The Labute approximate surface area is 193 Å². The van der Waals surface area contributed by atoms with E-state index in [0.29, 0.717) is 45.1 Å². The first-order valence-electron chi connectivity index (χ1n) is 12.0. The average Bonchev–Trinajstić information content (AvgIpc) is 3.21. The van der Waals surface area contributed by atoms with Crippen LogP contribution in [0.1, 0.15) is 56.6 Å². The Morgan fingerprint density at radius 2 is 2.00 bits per heavy atom. The van der Waals surface area contributed by atoms with Gasteiger partial charge < -0.3 is 14.5 Å². The molecule has 1 amide bonds. The van der Waals surface area contributed by atoms with Crippen LogP contribution in [0.3, 0.4) is 0 Å². The molecule has 3 fully saturated rings. The highest BCUT2D eigenvalue weighted by atomic mass is 19.4. The number of nitriles is 1. The minimum atomic E-state index is -4.58. The molecule has 3 aliphatic rings. The smallest absolute Gasteiger partial charge is 0.381 e. The molecule has 1 aliphatic carbocycles. The number of anilines is 1. The van der Waals surface area contributed by atoms with Crippen LogP contribution in [-0.2, 0) is 15.7 Å². The van der Waals surface area contributed by atoms with Crippen LogP contribution in [0.25, 0.3) is 0 Å². The first-order chi connectivity index (χ1) is 15.8. The fourth-order valence-electron chi connectivity index (χ4n) is 5.89. The van der Waals surface area contributed by atoms with Crippen molar-refractivity contribution in [2.45, 2.75) is 51.6 Å². The van der Waals surface area contributed by atoms with Crippen molar-refractivity contribution in [1.82, 2.24) is 4.90 Å². The van der Waals surface area contributed by atoms with Gasteiger partial charge in [-0.05, 0) is 44.4 Å². The number of halogens is 3. The van der Waals surface area contributed by atoms with Crippen LogP contribution in [0.2, 0.25) is 0 Å². The monoisotopic (exact) mass is 463 g/mol. The summed E-state index contributed by atoms with van der Waals surface area (Å²) in [6, 6.07) is 5.60. The molecule has 2 unspecified atom stereocenters. The van der Waals surface area contributed by atoms with Gasteiger partial charge in [-0.2, -0.15) is 18.4 Å². The van der Waals surface area contributed by atoms with Gasteiger partial charge in [0.1, 0.15) is 0 Å². The second-order valence-corrected chi connectivity index (χ2v) is 9.79. The standard InChI is InChI=1S/C25H32F3N3O2/c1-2-33-17-24-10-11-30(23(32)18-6-4-3-5-7-18)14-20(24)15-31(16-24)21-9-8-19(13-29)22(12-21)25(26,27)28/h8-9,12,18,20H,2-7,10-11,14-17H2,1H3. The summed E-state index contributed by atoms with van der Waals surface area (Å²) in [5.41, 5.74) is -0.982. The Kier molecular flexibility index (Phi) is 6.90. The largest absolute Gasteiger partial charge is 0.417 e. The molecule has 0 spiro atoms. The number of alkyl halides is 3. The number of amides is 1. The van der Waals surface area contributed by atoms with Gasteiger partial charge in [-0.25, -0.2) is 0 Å². The molecule has 2 saturated heterocycles.